The summed E-state index contributed by atoms with van der Waals surface area (Å²) in [6.45, 7) is 1.58. The van der Waals surface area contributed by atoms with Crippen molar-refractivity contribution in [2.75, 3.05) is 16.7 Å². The van der Waals surface area contributed by atoms with Crippen LogP contribution in [-0.4, -0.2) is 27.5 Å². The Hall–Kier alpha value is -1.77. The van der Waals surface area contributed by atoms with Crippen LogP contribution in [-0.2, 0) is 14.8 Å². The molecule has 0 aliphatic carbocycles. The Balaban J connectivity index is 2.09. The number of amides is 1. The van der Waals surface area contributed by atoms with E-state index in [2.05, 4.69) is 20.7 Å². The van der Waals surface area contributed by atoms with E-state index >= 15 is 0 Å². The van der Waals surface area contributed by atoms with E-state index in [0.717, 1.165) is 0 Å². The predicted octanol–water partition coefficient (Wildman–Crippen LogP) is 3.65. The van der Waals surface area contributed by atoms with Gasteiger partial charge in [0.15, 0.2) is 11.9 Å². The molecule has 1 N–H and O–H groups in total. The number of anilines is 2. The van der Waals surface area contributed by atoms with E-state index in [0.29, 0.717) is 20.9 Å². The molecule has 6 nitrogen and oxygen atoms in total. The van der Waals surface area contributed by atoms with E-state index in [1.54, 1.807) is 44.3 Å². The lowest BCUT2D eigenvalue weighted by Crippen LogP contribution is -2.42. The highest BCUT2D eigenvalue weighted by Crippen LogP contribution is 2.41. The molecule has 2 aromatic rings. The smallest absolute Gasteiger partial charge is 0.267 e. The van der Waals surface area contributed by atoms with E-state index in [1.165, 1.54) is 11.0 Å². The standard InChI is InChI=1S/C16H14BrClN2O4S/c1-9-16(21)20(2)13-7-10(17)8-14(15(13)24-9)25(22,23)19-12-5-3-11(18)4-6-12/h3-9,19H,1-2H3. The zero-order valence-corrected chi connectivity index (χ0v) is 16.4. The molecule has 25 heavy (non-hydrogen) atoms. The number of hydrogen-bond donors (Lipinski definition) is 1. The molecule has 0 bridgehead atoms. The summed E-state index contributed by atoms with van der Waals surface area (Å²) in [6.07, 6.45) is -0.775. The SMILES string of the molecule is CC1Oc2c(cc(Br)cc2S(=O)(=O)Nc2ccc(Cl)cc2)N(C)C1=O. The maximum Gasteiger partial charge on any atom is 0.267 e. The largest absolute Gasteiger partial charge is 0.477 e. The first-order valence-electron chi connectivity index (χ1n) is 7.25. The van der Waals surface area contributed by atoms with Crippen molar-refractivity contribution >= 4 is 54.8 Å². The summed E-state index contributed by atoms with van der Waals surface area (Å²) in [7, 11) is -2.36. The Morgan fingerprint density at radius 1 is 1.24 bits per heavy atom. The Morgan fingerprint density at radius 2 is 1.88 bits per heavy atom. The molecule has 1 unspecified atom stereocenters. The minimum atomic E-state index is -3.94. The van der Waals surface area contributed by atoms with Gasteiger partial charge in [-0.2, -0.15) is 0 Å². The van der Waals surface area contributed by atoms with Crippen LogP contribution in [0.15, 0.2) is 45.8 Å². The van der Waals surface area contributed by atoms with Gasteiger partial charge in [0.1, 0.15) is 4.90 Å². The number of nitrogens with zero attached hydrogens (tertiary/aromatic N) is 1. The minimum Gasteiger partial charge on any atom is -0.477 e. The Labute approximate surface area is 158 Å². The third kappa shape index (κ3) is 3.47. The van der Waals surface area contributed by atoms with Gasteiger partial charge in [-0.05, 0) is 43.3 Å². The molecule has 0 aromatic heterocycles. The maximum absolute atomic E-state index is 12.9. The maximum atomic E-state index is 12.9. The van der Waals surface area contributed by atoms with E-state index in [-0.39, 0.29) is 16.6 Å². The lowest BCUT2D eigenvalue weighted by atomic mass is 10.2. The Bertz CT molecular complexity index is 947. The summed E-state index contributed by atoms with van der Waals surface area (Å²) in [5, 5.41) is 0.500. The van der Waals surface area contributed by atoms with Gasteiger partial charge in [-0.1, -0.05) is 27.5 Å². The van der Waals surface area contributed by atoms with Crippen LogP contribution in [0, 0.1) is 0 Å². The highest BCUT2D eigenvalue weighted by Gasteiger charge is 2.34. The van der Waals surface area contributed by atoms with Crippen molar-refractivity contribution in [3.63, 3.8) is 0 Å². The fourth-order valence-electron chi connectivity index (χ4n) is 2.47. The van der Waals surface area contributed by atoms with Gasteiger partial charge in [0.05, 0.1) is 5.69 Å². The highest BCUT2D eigenvalue weighted by molar-refractivity contribution is 9.10. The summed E-state index contributed by atoms with van der Waals surface area (Å²) in [5.41, 5.74) is 0.750. The van der Waals surface area contributed by atoms with Gasteiger partial charge in [0, 0.05) is 22.2 Å². The minimum absolute atomic E-state index is 0.0574. The van der Waals surface area contributed by atoms with E-state index in [4.69, 9.17) is 16.3 Å². The number of fused-ring (bicyclic) bond motifs is 1. The average molecular weight is 446 g/mol. The third-order valence-corrected chi connectivity index (χ3v) is 5.82. The molecule has 1 amide bonds. The molecule has 0 spiro atoms. The van der Waals surface area contributed by atoms with Gasteiger partial charge in [0.25, 0.3) is 15.9 Å². The number of sulfonamides is 1. The van der Waals surface area contributed by atoms with Gasteiger partial charge >= 0.3 is 0 Å². The van der Waals surface area contributed by atoms with Crippen molar-refractivity contribution < 1.29 is 17.9 Å². The van der Waals surface area contributed by atoms with E-state index in [9.17, 15) is 13.2 Å². The van der Waals surface area contributed by atoms with Crippen LogP contribution in [0.4, 0.5) is 11.4 Å². The van der Waals surface area contributed by atoms with Gasteiger partial charge < -0.3 is 9.64 Å². The number of halogens is 2. The van der Waals surface area contributed by atoms with Crippen LogP contribution < -0.4 is 14.4 Å². The molecule has 0 saturated carbocycles. The first kappa shape index (κ1) is 18.0. The highest BCUT2D eigenvalue weighted by atomic mass is 79.9. The van der Waals surface area contributed by atoms with Crippen LogP contribution in [0.1, 0.15) is 6.92 Å². The van der Waals surface area contributed by atoms with Crippen LogP contribution in [0.25, 0.3) is 0 Å². The summed E-state index contributed by atoms with van der Waals surface area (Å²) < 4.78 is 34.3. The molecule has 1 aliphatic rings. The van der Waals surface area contributed by atoms with Crippen LogP contribution >= 0.6 is 27.5 Å². The van der Waals surface area contributed by atoms with Gasteiger partial charge in [-0.15, -0.1) is 0 Å². The van der Waals surface area contributed by atoms with Crippen LogP contribution in [0.5, 0.6) is 5.75 Å². The summed E-state index contributed by atoms with van der Waals surface area (Å²) in [4.78, 5) is 13.4. The molecule has 0 radical (unpaired) electrons. The van der Waals surface area contributed by atoms with Crippen molar-refractivity contribution in [3.05, 3.63) is 45.9 Å². The number of nitrogens with one attached hydrogen (secondary N) is 1. The van der Waals surface area contributed by atoms with E-state index < -0.39 is 16.1 Å². The van der Waals surface area contributed by atoms with Crippen molar-refractivity contribution in [3.8, 4) is 5.75 Å². The fraction of sp³-hybridized carbons (Fsp3) is 0.188. The second kappa shape index (κ2) is 6.51. The number of rotatable bonds is 3. The number of carbonyl (C=O) groups is 1. The second-order valence-electron chi connectivity index (χ2n) is 5.52. The monoisotopic (exact) mass is 444 g/mol. The van der Waals surface area contributed by atoms with Gasteiger partial charge in [-0.3, -0.25) is 9.52 Å². The zero-order chi connectivity index (χ0) is 18.4. The van der Waals surface area contributed by atoms with Crippen molar-refractivity contribution in [2.24, 2.45) is 0 Å². The quantitative estimate of drug-likeness (QED) is 0.782. The summed E-state index contributed by atoms with van der Waals surface area (Å²) >= 11 is 9.11. The lowest BCUT2D eigenvalue weighted by Gasteiger charge is -2.31. The van der Waals surface area contributed by atoms with E-state index in [1.807, 2.05) is 0 Å². The number of likely N-dealkylation sites (N-methyl/N-ethyl adjacent to an activating group) is 1. The third-order valence-electron chi connectivity index (χ3n) is 3.72. The topological polar surface area (TPSA) is 75.7 Å². The zero-order valence-electron chi connectivity index (χ0n) is 13.3. The van der Waals surface area contributed by atoms with Crippen molar-refractivity contribution in [1.82, 2.24) is 0 Å². The molecule has 1 atom stereocenters. The van der Waals surface area contributed by atoms with Crippen LogP contribution in [0.2, 0.25) is 5.02 Å². The van der Waals surface area contributed by atoms with Crippen molar-refractivity contribution in [2.45, 2.75) is 17.9 Å². The summed E-state index contributed by atoms with van der Waals surface area (Å²) in [5.74, 6) is -0.112. The molecule has 3 rings (SSSR count). The Morgan fingerprint density at radius 3 is 2.52 bits per heavy atom. The molecular weight excluding hydrogens is 432 g/mol. The second-order valence-corrected chi connectivity index (χ2v) is 8.52. The molecular formula is C16H14BrClN2O4S. The number of benzene rings is 2. The Kier molecular flexibility index (Phi) is 4.70. The molecule has 0 fully saturated rings. The van der Waals surface area contributed by atoms with Crippen LogP contribution in [0.3, 0.4) is 0 Å². The first-order chi connectivity index (χ1) is 11.7. The average Bonchev–Trinajstić information content (AvgIpc) is 2.55. The first-order valence-corrected chi connectivity index (χ1v) is 9.90. The number of ether oxygens (including phenoxy) is 1. The molecule has 1 heterocycles. The van der Waals surface area contributed by atoms with Crippen molar-refractivity contribution in [1.29, 1.82) is 0 Å². The molecule has 1 aliphatic heterocycles. The van der Waals surface area contributed by atoms with Gasteiger partial charge in [-0.25, -0.2) is 8.42 Å². The molecule has 0 saturated heterocycles. The fourth-order valence-corrected chi connectivity index (χ4v) is 4.43. The molecule has 2 aromatic carbocycles. The van der Waals surface area contributed by atoms with Gasteiger partial charge in [0.2, 0.25) is 0 Å². The summed E-state index contributed by atoms with van der Waals surface area (Å²) in [6, 6.07) is 9.36. The lowest BCUT2D eigenvalue weighted by molar-refractivity contribution is -0.125. The predicted molar refractivity (Wildman–Crippen MR) is 99.9 cm³/mol. The molecule has 132 valence electrons. The molecule has 9 heteroatoms. The number of carbonyl (C=O) groups excluding carboxylic acids is 1. The number of hydrogen-bond acceptors (Lipinski definition) is 4. The normalized spacial score (nSPS) is 17.0.